The fraction of sp³-hybridized carbons (Fsp3) is 0.267. The number of primary amides is 1. The first-order valence-electron chi connectivity index (χ1n) is 7.11. The third-order valence-electron chi connectivity index (χ3n) is 2.73. The van der Waals surface area contributed by atoms with Crippen LogP contribution < -0.4 is 20.5 Å². The Kier molecular flexibility index (Phi) is 8.04. The van der Waals surface area contributed by atoms with Crippen molar-refractivity contribution in [1.29, 1.82) is 0 Å². The Labute approximate surface area is 149 Å². The zero-order valence-corrected chi connectivity index (χ0v) is 13.7. The normalized spacial score (nSPS) is 12.1. The average Bonchev–Trinajstić information content (AvgIpc) is 2.52. The van der Waals surface area contributed by atoms with Gasteiger partial charge in [-0.25, -0.2) is 9.59 Å². The smallest absolute Gasteiger partial charge is 0.387 e. The summed E-state index contributed by atoms with van der Waals surface area (Å²) in [4.78, 5) is 33.6. The first kappa shape index (κ1) is 21.7. The number of alkyl halides is 4. The lowest BCUT2D eigenvalue weighted by atomic mass is 10.1. The van der Waals surface area contributed by atoms with Gasteiger partial charge in [-0.1, -0.05) is 0 Å². The van der Waals surface area contributed by atoms with E-state index in [0.717, 1.165) is 37.3 Å². The minimum absolute atomic E-state index is 0.0805. The number of carbonyl (C=O) groups excluding carboxylic acids is 3. The van der Waals surface area contributed by atoms with Crippen molar-refractivity contribution in [2.24, 2.45) is 5.73 Å². The van der Waals surface area contributed by atoms with Gasteiger partial charge in [0, 0.05) is 17.7 Å². The van der Waals surface area contributed by atoms with Gasteiger partial charge in [0.1, 0.15) is 11.5 Å². The van der Waals surface area contributed by atoms with Gasteiger partial charge in [0.25, 0.3) is 5.91 Å². The van der Waals surface area contributed by atoms with Gasteiger partial charge in [0.05, 0.1) is 0 Å². The zero-order valence-electron chi connectivity index (χ0n) is 13.7. The molecule has 148 valence electrons. The van der Waals surface area contributed by atoms with E-state index in [4.69, 9.17) is 5.73 Å². The minimum atomic E-state index is -3.26. The van der Waals surface area contributed by atoms with E-state index in [1.807, 2.05) is 0 Å². The SMILES string of the molecule is C[C@H](OC(=O)/C=C/c1ccc(OC(F)F)cc1OC(F)F)C(=O)NC(N)=O. The van der Waals surface area contributed by atoms with E-state index in [2.05, 4.69) is 14.2 Å². The fourth-order valence-electron chi connectivity index (χ4n) is 1.67. The molecule has 0 saturated carbocycles. The summed E-state index contributed by atoms with van der Waals surface area (Å²) in [6, 6.07) is 1.77. The Morgan fingerprint density at radius 2 is 1.74 bits per heavy atom. The number of benzene rings is 1. The Morgan fingerprint density at radius 1 is 1.11 bits per heavy atom. The number of amides is 3. The molecule has 0 radical (unpaired) electrons. The maximum absolute atomic E-state index is 12.4. The molecule has 0 bridgehead atoms. The van der Waals surface area contributed by atoms with Crippen molar-refractivity contribution >= 4 is 24.0 Å². The third-order valence-corrected chi connectivity index (χ3v) is 2.73. The van der Waals surface area contributed by atoms with E-state index in [-0.39, 0.29) is 5.56 Å². The highest BCUT2D eigenvalue weighted by Crippen LogP contribution is 2.28. The predicted molar refractivity (Wildman–Crippen MR) is 82.0 cm³/mol. The molecule has 0 spiro atoms. The molecule has 0 fully saturated rings. The van der Waals surface area contributed by atoms with E-state index in [1.165, 1.54) is 0 Å². The lowest BCUT2D eigenvalue weighted by molar-refractivity contribution is -0.149. The number of urea groups is 1. The summed E-state index contributed by atoms with van der Waals surface area (Å²) >= 11 is 0. The number of rotatable bonds is 8. The molecule has 12 heteroatoms. The Hall–Kier alpha value is -3.31. The summed E-state index contributed by atoms with van der Waals surface area (Å²) in [6.07, 6.45) is 0.397. The first-order valence-corrected chi connectivity index (χ1v) is 7.11. The summed E-state index contributed by atoms with van der Waals surface area (Å²) in [6.45, 7) is -5.27. The minimum Gasteiger partial charge on any atom is -0.449 e. The highest BCUT2D eigenvalue weighted by molar-refractivity contribution is 5.97. The second kappa shape index (κ2) is 9.99. The summed E-state index contributed by atoms with van der Waals surface area (Å²) < 4.78 is 62.2. The number of ether oxygens (including phenoxy) is 3. The van der Waals surface area contributed by atoms with Crippen LogP contribution in [0.25, 0.3) is 6.08 Å². The quantitative estimate of drug-likeness (QED) is 0.396. The van der Waals surface area contributed by atoms with Gasteiger partial charge < -0.3 is 19.9 Å². The number of carbonyl (C=O) groups is 3. The van der Waals surface area contributed by atoms with Crippen molar-refractivity contribution in [3.8, 4) is 11.5 Å². The Bertz CT molecular complexity index is 726. The van der Waals surface area contributed by atoms with Crippen LogP contribution in [0.2, 0.25) is 0 Å². The molecule has 0 heterocycles. The largest absolute Gasteiger partial charge is 0.449 e. The monoisotopic (exact) mass is 394 g/mol. The number of nitrogens with one attached hydrogen (secondary N) is 1. The summed E-state index contributed by atoms with van der Waals surface area (Å²) in [5, 5.41) is 1.69. The van der Waals surface area contributed by atoms with Crippen LogP contribution in [0.3, 0.4) is 0 Å². The molecular weight excluding hydrogens is 380 g/mol. The van der Waals surface area contributed by atoms with E-state index in [0.29, 0.717) is 0 Å². The topological polar surface area (TPSA) is 117 Å². The molecule has 0 aliphatic carbocycles. The number of hydrogen-bond acceptors (Lipinski definition) is 6. The van der Waals surface area contributed by atoms with Gasteiger partial charge in [-0.3, -0.25) is 10.1 Å². The lowest BCUT2D eigenvalue weighted by Gasteiger charge is -2.12. The molecule has 0 aliphatic heterocycles. The summed E-state index contributed by atoms with van der Waals surface area (Å²) in [5.41, 5.74) is 4.66. The molecule has 0 aliphatic rings. The van der Waals surface area contributed by atoms with Crippen molar-refractivity contribution < 1.29 is 46.2 Å². The molecule has 1 aromatic rings. The lowest BCUT2D eigenvalue weighted by Crippen LogP contribution is -2.42. The molecule has 3 amide bonds. The molecule has 8 nitrogen and oxygen atoms in total. The maximum atomic E-state index is 12.4. The van der Waals surface area contributed by atoms with Gasteiger partial charge >= 0.3 is 25.2 Å². The number of halogens is 4. The van der Waals surface area contributed by atoms with Crippen LogP contribution in [0.5, 0.6) is 11.5 Å². The van der Waals surface area contributed by atoms with Crippen molar-refractivity contribution in [3.63, 3.8) is 0 Å². The van der Waals surface area contributed by atoms with Gasteiger partial charge in [0.2, 0.25) is 0 Å². The van der Waals surface area contributed by atoms with Crippen LogP contribution in [-0.4, -0.2) is 37.2 Å². The molecule has 3 N–H and O–H groups in total. The Morgan fingerprint density at radius 3 is 2.30 bits per heavy atom. The second-order valence-corrected chi connectivity index (χ2v) is 4.72. The molecular formula is C15H14F4N2O6. The van der Waals surface area contributed by atoms with E-state index in [1.54, 1.807) is 5.32 Å². The molecule has 1 atom stereocenters. The second-order valence-electron chi connectivity index (χ2n) is 4.72. The number of nitrogens with two attached hydrogens (primary N) is 1. The van der Waals surface area contributed by atoms with Crippen molar-refractivity contribution in [1.82, 2.24) is 5.32 Å². The first-order chi connectivity index (χ1) is 12.6. The highest BCUT2D eigenvalue weighted by atomic mass is 19.3. The third kappa shape index (κ3) is 8.07. The predicted octanol–water partition coefficient (Wildman–Crippen LogP) is 2.03. The van der Waals surface area contributed by atoms with Crippen molar-refractivity contribution in [3.05, 3.63) is 29.8 Å². The van der Waals surface area contributed by atoms with Crippen LogP contribution in [-0.2, 0) is 14.3 Å². The van der Waals surface area contributed by atoms with E-state index < -0.39 is 48.7 Å². The van der Waals surface area contributed by atoms with Crippen molar-refractivity contribution in [2.75, 3.05) is 0 Å². The molecule has 0 aromatic heterocycles. The fourth-order valence-corrected chi connectivity index (χ4v) is 1.67. The standard InChI is InChI=1S/C15H14F4N2O6/c1-7(12(23)21-15(20)24)25-11(22)5-3-8-2-4-9(26-13(16)17)6-10(8)27-14(18)19/h2-7,13-14H,1H3,(H3,20,21,23,24)/b5-3+/t7-/m0/s1. The van der Waals surface area contributed by atoms with Crippen LogP contribution in [0.15, 0.2) is 24.3 Å². The zero-order chi connectivity index (χ0) is 20.6. The molecule has 1 aromatic carbocycles. The van der Waals surface area contributed by atoms with Gasteiger partial charge in [-0.15, -0.1) is 0 Å². The van der Waals surface area contributed by atoms with Crippen LogP contribution in [0.4, 0.5) is 22.4 Å². The van der Waals surface area contributed by atoms with Gasteiger partial charge in [-0.05, 0) is 25.1 Å². The highest BCUT2D eigenvalue weighted by Gasteiger charge is 2.18. The van der Waals surface area contributed by atoms with E-state index in [9.17, 15) is 31.9 Å². The number of esters is 1. The van der Waals surface area contributed by atoms with Gasteiger partial charge in [0.15, 0.2) is 6.10 Å². The average molecular weight is 394 g/mol. The number of imide groups is 1. The van der Waals surface area contributed by atoms with Crippen LogP contribution >= 0.6 is 0 Å². The summed E-state index contributed by atoms with van der Waals surface area (Å²) in [5.74, 6) is -3.00. The maximum Gasteiger partial charge on any atom is 0.387 e. The molecule has 0 unspecified atom stereocenters. The van der Waals surface area contributed by atoms with Crippen molar-refractivity contribution in [2.45, 2.75) is 26.3 Å². The molecule has 1 rings (SSSR count). The van der Waals surface area contributed by atoms with Crippen LogP contribution in [0, 0.1) is 0 Å². The van der Waals surface area contributed by atoms with E-state index >= 15 is 0 Å². The number of hydrogen-bond donors (Lipinski definition) is 2. The van der Waals surface area contributed by atoms with Gasteiger partial charge in [-0.2, -0.15) is 17.6 Å². The molecule has 27 heavy (non-hydrogen) atoms. The van der Waals surface area contributed by atoms with Crippen LogP contribution in [0.1, 0.15) is 12.5 Å². The molecule has 0 saturated heterocycles. The Balaban J connectivity index is 2.87. The summed E-state index contributed by atoms with van der Waals surface area (Å²) in [7, 11) is 0.